The molecular formula is C14H18ClN3O2S. The smallest absolute Gasteiger partial charge is 0.175 e. The standard InChI is InChI=1S/C14H18ClN3O2S/c1-10(2)18-9-11(8-17-18)7-16-14-6-12(21(3,19)20)4-5-13(14)15/h4-6,8-10,16H,7H2,1-3H3. The van der Waals surface area contributed by atoms with Gasteiger partial charge in [-0.1, -0.05) is 11.6 Å². The first-order chi connectivity index (χ1) is 9.77. The fourth-order valence-electron chi connectivity index (χ4n) is 1.82. The van der Waals surface area contributed by atoms with Gasteiger partial charge >= 0.3 is 0 Å². The van der Waals surface area contributed by atoms with Crippen LogP contribution in [0.15, 0.2) is 35.5 Å². The Morgan fingerprint density at radius 2 is 2.10 bits per heavy atom. The van der Waals surface area contributed by atoms with Crippen molar-refractivity contribution >= 4 is 27.1 Å². The Balaban J connectivity index is 2.15. The van der Waals surface area contributed by atoms with E-state index in [1.807, 2.05) is 10.9 Å². The molecular weight excluding hydrogens is 310 g/mol. The summed E-state index contributed by atoms with van der Waals surface area (Å²) in [5, 5.41) is 7.88. The lowest BCUT2D eigenvalue weighted by atomic mass is 10.3. The van der Waals surface area contributed by atoms with Gasteiger partial charge in [-0.25, -0.2) is 8.42 Å². The lowest BCUT2D eigenvalue weighted by molar-refractivity contribution is 0.532. The van der Waals surface area contributed by atoms with Crippen molar-refractivity contribution < 1.29 is 8.42 Å². The minimum Gasteiger partial charge on any atom is -0.380 e. The summed E-state index contributed by atoms with van der Waals surface area (Å²) in [4.78, 5) is 0.243. The van der Waals surface area contributed by atoms with Gasteiger partial charge in [-0.2, -0.15) is 5.10 Å². The Morgan fingerprint density at radius 1 is 1.38 bits per heavy atom. The first-order valence-electron chi connectivity index (χ1n) is 6.54. The van der Waals surface area contributed by atoms with Gasteiger partial charge in [0.2, 0.25) is 0 Å². The first kappa shape index (κ1) is 15.9. The first-order valence-corrected chi connectivity index (χ1v) is 8.81. The average Bonchev–Trinajstić information content (AvgIpc) is 2.85. The third-order valence-electron chi connectivity index (χ3n) is 3.03. The van der Waals surface area contributed by atoms with E-state index in [1.165, 1.54) is 12.3 Å². The Hall–Kier alpha value is -1.53. The van der Waals surface area contributed by atoms with Crippen LogP contribution in [-0.2, 0) is 16.4 Å². The van der Waals surface area contributed by atoms with E-state index in [1.54, 1.807) is 18.3 Å². The molecule has 0 aliphatic rings. The SMILES string of the molecule is CC(C)n1cc(CNc2cc(S(C)(=O)=O)ccc2Cl)cn1. The van der Waals surface area contributed by atoms with E-state index < -0.39 is 9.84 Å². The second kappa shape index (κ2) is 6.07. The number of hydrogen-bond donors (Lipinski definition) is 1. The zero-order valence-corrected chi connectivity index (χ0v) is 13.7. The number of halogens is 1. The van der Waals surface area contributed by atoms with Crippen molar-refractivity contribution in [2.24, 2.45) is 0 Å². The molecule has 0 unspecified atom stereocenters. The summed E-state index contributed by atoms with van der Waals surface area (Å²) in [7, 11) is -3.25. The molecule has 21 heavy (non-hydrogen) atoms. The number of anilines is 1. The molecule has 1 aromatic heterocycles. The molecule has 0 saturated heterocycles. The summed E-state index contributed by atoms with van der Waals surface area (Å²) >= 11 is 6.09. The average molecular weight is 328 g/mol. The number of nitrogens with zero attached hydrogens (tertiary/aromatic N) is 2. The van der Waals surface area contributed by atoms with E-state index in [4.69, 9.17) is 11.6 Å². The van der Waals surface area contributed by atoms with Crippen molar-refractivity contribution in [3.63, 3.8) is 0 Å². The third-order valence-corrected chi connectivity index (χ3v) is 4.47. The van der Waals surface area contributed by atoms with E-state index in [0.29, 0.717) is 23.3 Å². The maximum absolute atomic E-state index is 11.6. The molecule has 0 atom stereocenters. The molecule has 0 aliphatic heterocycles. The van der Waals surface area contributed by atoms with Crippen LogP contribution in [0.5, 0.6) is 0 Å². The molecule has 5 nitrogen and oxygen atoms in total. The van der Waals surface area contributed by atoms with Crippen molar-refractivity contribution in [1.29, 1.82) is 0 Å². The molecule has 0 radical (unpaired) electrons. The fraction of sp³-hybridized carbons (Fsp3) is 0.357. The van der Waals surface area contributed by atoms with Crippen LogP contribution in [0.4, 0.5) is 5.69 Å². The molecule has 2 aromatic rings. The Labute approximate surface area is 129 Å². The van der Waals surface area contributed by atoms with E-state index in [-0.39, 0.29) is 4.90 Å². The monoisotopic (exact) mass is 327 g/mol. The molecule has 0 saturated carbocycles. The normalized spacial score (nSPS) is 11.9. The largest absolute Gasteiger partial charge is 0.380 e. The Morgan fingerprint density at radius 3 is 2.67 bits per heavy atom. The summed E-state index contributed by atoms with van der Waals surface area (Å²) in [5.74, 6) is 0. The Bertz CT molecular complexity index is 738. The van der Waals surface area contributed by atoms with Crippen molar-refractivity contribution in [1.82, 2.24) is 9.78 Å². The predicted octanol–water partition coefficient (Wildman–Crippen LogP) is 3.13. The van der Waals surface area contributed by atoms with E-state index in [9.17, 15) is 8.42 Å². The zero-order valence-electron chi connectivity index (χ0n) is 12.2. The number of sulfone groups is 1. The highest BCUT2D eigenvalue weighted by Crippen LogP contribution is 2.25. The van der Waals surface area contributed by atoms with Gasteiger partial charge in [0.05, 0.1) is 21.8 Å². The van der Waals surface area contributed by atoms with E-state index >= 15 is 0 Å². The van der Waals surface area contributed by atoms with Gasteiger partial charge in [0, 0.05) is 30.6 Å². The van der Waals surface area contributed by atoms with Gasteiger partial charge in [-0.05, 0) is 32.0 Å². The van der Waals surface area contributed by atoms with E-state index in [2.05, 4.69) is 24.3 Å². The van der Waals surface area contributed by atoms with Crippen LogP contribution >= 0.6 is 11.6 Å². The topological polar surface area (TPSA) is 64.0 Å². The summed E-state index contributed by atoms with van der Waals surface area (Å²) in [6.07, 6.45) is 4.90. The highest BCUT2D eigenvalue weighted by atomic mass is 35.5. The molecule has 7 heteroatoms. The number of hydrogen-bond acceptors (Lipinski definition) is 4. The van der Waals surface area contributed by atoms with Crippen LogP contribution in [0.2, 0.25) is 5.02 Å². The van der Waals surface area contributed by atoms with Gasteiger partial charge < -0.3 is 5.32 Å². The van der Waals surface area contributed by atoms with Crippen LogP contribution < -0.4 is 5.32 Å². The predicted molar refractivity (Wildman–Crippen MR) is 84.5 cm³/mol. The van der Waals surface area contributed by atoms with Crippen LogP contribution in [0.25, 0.3) is 0 Å². The quantitative estimate of drug-likeness (QED) is 0.916. The highest BCUT2D eigenvalue weighted by molar-refractivity contribution is 7.90. The number of nitrogens with one attached hydrogen (secondary N) is 1. The summed E-state index contributed by atoms with van der Waals surface area (Å²) in [6.45, 7) is 4.63. The molecule has 0 amide bonds. The summed E-state index contributed by atoms with van der Waals surface area (Å²) in [5.41, 5.74) is 1.60. The zero-order chi connectivity index (χ0) is 15.6. The maximum atomic E-state index is 11.6. The number of aromatic nitrogens is 2. The number of rotatable bonds is 5. The molecule has 0 fully saturated rings. The molecule has 0 spiro atoms. The lowest BCUT2D eigenvalue weighted by Crippen LogP contribution is -2.03. The molecule has 1 heterocycles. The van der Waals surface area contributed by atoms with Gasteiger partial charge in [0.25, 0.3) is 0 Å². The molecule has 2 rings (SSSR count). The van der Waals surface area contributed by atoms with Crippen LogP contribution in [0.1, 0.15) is 25.5 Å². The van der Waals surface area contributed by atoms with Gasteiger partial charge in [0.1, 0.15) is 0 Å². The minimum absolute atomic E-state index is 0.243. The number of benzene rings is 1. The van der Waals surface area contributed by atoms with Crippen LogP contribution in [-0.4, -0.2) is 24.5 Å². The second-order valence-corrected chi connectivity index (χ2v) is 7.61. The summed E-state index contributed by atoms with van der Waals surface area (Å²) in [6, 6.07) is 4.93. The molecule has 0 bridgehead atoms. The maximum Gasteiger partial charge on any atom is 0.175 e. The lowest BCUT2D eigenvalue weighted by Gasteiger charge is -2.09. The fourth-order valence-corrected chi connectivity index (χ4v) is 2.65. The van der Waals surface area contributed by atoms with Crippen LogP contribution in [0, 0.1) is 0 Å². The van der Waals surface area contributed by atoms with Crippen molar-refractivity contribution in [3.05, 3.63) is 41.2 Å². The van der Waals surface area contributed by atoms with Crippen molar-refractivity contribution in [3.8, 4) is 0 Å². The molecule has 114 valence electrons. The second-order valence-electron chi connectivity index (χ2n) is 5.19. The van der Waals surface area contributed by atoms with E-state index in [0.717, 1.165) is 5.56 Å². The molecule has 1 N–H and O–H groups in total. The minimum atomic E-state index is -3.25. The summed E-state index contributed by atoms with van der Waals surface area (Å²) < 4.78 is 25.0. The van der Waals surface area contributed by atoms with Gasteiger partial charge in [0.15, 0.2) is 9.84 Å². The van der Waals surface area contributed by atoms with Crippen molar-refractivity contribution in [2.45, 2.75) is 31.3 Å². The van der Waals surface area contributed by atoms with Gasteiger partial charge in [-0.3, -0.25) is 4.68 Å². The molecule has 1 aromatic carbocycles. The van der Waals surface area contributed by atoms with Crippen LogP contribution in [0.3, 0.4) is 0 Å². The van der Waals surface area contributed by atoms with Gasteiger partial charge in [-0.15, -0.1) is 0 Å². The van der Waals surface area contributed by atoms with Crippen molar-refractivity contribution in [2.75, 3.05) is 11.6 Å². The highest BCUT2D eigenvalue weighted by Gasteiger charge is 2.10. The third kappa shape index (κ3) is 3.98. The Kier molecular flexibility index (Phi) is 4.58. The molecule has 0 aliphatic carbocycles.